The third kappa shape index (κ3) is 5.01. The lowest BCUT2D eigenvalue weighted by Gasteiger charge is -2.07. The molecule has 2 heterocycles. The van der Waals surface area contributed by atoms with Crippen molar-refractivity contribution in [3.8, 4) is 22.6 Å². The smallest absolute Gasteiger partial charge is 0.227 e. The average Bonchev–Trinajstić information content (AvgIpc) is 3.58. The molecule has 8 heteroatoms. The number of imidazole rings is 1. The van der Waals surface area contributed by atoms with E-state index >= 15 is 0 Å². The molecule has 1 saturated carbocycles. The quantitative estimate of drug-likeness (QED) is 0.163. The van der Waals surface area contributed by atoms with Gasteiger partial charge in [0.25, 0.3) is 0 Å². The molecule has 3 aromatic carbocycles. The van der Waals surface area contributed by atoms with E-state index in [4.69, 9.17) is 4.98 Å². The van der Waals surface area contributed by atoms with Crippen LogP contribution in [0.3, 0.4) is 0 Å². The van der Waals surface area contributed by atoms with Gasteiger partial charge in [-0.2, -0.15) is 5.10 Å². The topological polar surface area (TPSA) is 98.8 Å². The zero-order valence-electron chi connectivity index (χ0n) is 21.5. The third-order valence-corrected chi connectivity index (χ3v) is 6.78. The molecule has 0 radical (unpaired) electrons. The molecule has 6 rings (SSSR count). The Kier molecular flexibility index (Phi) is 6.36. The van der Waals surface area contributed by atoms with Crippen LogP contribution in [-0.4, -0.2) is 38.8 Å². The molecule has 1 aliphatic rings. The number of aromatic nitrogens is 4. The molecule has 1 amide bonds. The lowest BCUT2D eigenvalue weighted by molar-refractivity contribution is -0.121. The maximum atomic E-state index is 13.5. The van der Waals surface area contributed by atoms with E-state index in [1.165, 1.54) is 12.1 Å². The number of nitrogens with one attached hydrogen (secondary N) is 3. The molecule has 0 saturated heterocycles. The first-order valence-corrected chi connectivity index (χ1v) is 12.9. The molecule has 1 aliphatic carbocycles. The summed E-state index contributed by atoms with van der Waals surface area (Å²) in [4.78, 5) is 24.9. The number of amides is 1. The molecule has 0 spiro atoms. The van der Waals surface area contributed by atoms with Gasteiger partial charge in [-0.3, -0.25) is 14.9 Å². The van der Waals surface area contributed by atoms with Crippen molar-refractivity contribution in [2.24, 2.45) is 10.9 Å². The van der Waals surface area contributed by atoms with Gasteiger partial charge in [-0.1, -0.05) is 36.9 Å². The number of aliphatic imine (C=N–C) groups is 1. The fourth-order valence-corrected chi connectivity index (χ4v) is 4.56. The lowest BCUT2D eigenvalue weighted by atomic mass is 10.0. The van der Waals surface area contributed by atoms with E-state index in [9.17, 15) is 9.18 Å². The Morgan fingerprint density at radius 2 is 1.97 bits per heavy atom. The normalized spacial score (nSPS) is 13.9. The molecule has 39 heavy (non-hydrogen) atoms. The Hall–Kier alpha value is -4.85. The number of H-pyrrole nitrogens is 2. The van der Waals surface area contributed by atoms with Gasteiger partial charge in [0.2, 0.25) is 5.91 Å². The summed E-state index contributed by atoms with van der Waals surface area (Å²) in [5, 5.41) is 11.5. The van der Waals surface area contributed by atoms with Gasteiger partial charge in [0.15, 0.2) is 5.82 Å². The van der Waals surface area contributed by atoms with Crippen LogP contribution in [0.15, 0.2) is 84.0 Å². The van der Waals surface area contributed by atoms with Crippen molar-refractivity contribution >= 4 is 39.6 Å². The number of aromatic amines is 2. The Morgan fingerprint density at radius 3 is 2.74 bits per heavy atom. The van der Waals surface area contributed by atoms with E-state index in [-0.39, 0.29) is 17.6 Å². The van der Waals surface area contributed by atoms with Crippen LogP contribution in [0.1, 0.15) is 25.3 Å². The monoisotopic (exact) mass is 518 g/mol. The summed E-state index contributed by atoms with van der Waals surface area (Å²) in [6.45, 7) is 6.81. The SMILES string of the molecule is C=C(/C=C(\C=N/CC)NC(=O)C1CC1)c1ccc2[nH]nc(-c3nc4c(-c5ccc(F)cc5)cccc4[nH]3)c2c1. The third-order valence-electron chi connectivity index (χ3n) is 6.78. The highest BCUT2D eigenvalue weighted by atomic mass is 19.1. The van der Waals surface area contributed by atoms with Crippen LogP contribution in [0, 0.1) is 11.7 Å². The van der Waals surface area contributed by atoms with E-state index in [1.54, 1.807) is 18.3 Å². The van der Waals surface area contributed by atoms with Crippen molar-refractivity contribution < 1.29 is 9.18 Å². The fraction of sp³-hybridized carbons (Fsp3) is 0.161. The predicted octanol–water partition coefficient (Wildman–Crippen LogP) is 6.43. The molecule has 5 aromatic rings. The van der Waals surface area contributed by atoms with Gasteiger partial charge in [0.05, 0.1) is 22.2 Å². The predicted molar refractivity (Wildman–Crippen MR) is 154 cm³/mol. The summed E-state index contributed by atoms with van der Waals surface area (Å²) in [5.41, 5.74) is 7.22. The first-order chi connectivity index (χ1) is 19.0. The second kappa shape index (κ2) is 10.1. The molecule has 7 nitrogen and oxygen atoms in total. The van der Waals surface area contributed by atoms with E-state index in [1.807, 2.05) is 49.4 Å². The van der Waals surface area contributed by atoms with Gasteiger partial charge >= 0.3 is 0 Å². The number of para-hydroxylation sites is 1. The molecule has 2 aromatic heterocycles. The number of fused-ring (bicyclic) bond motifs is 2. The molecule has 0 bridgehead atoms. The van der Waals surface area contributed by atoms with Crippen molar-refractivity contribution in [1.29, 1.82) is 0 Å². The fourth-order valence-electron chi connectivity index (χ4n) is 4.56. The van der Waals surface area contributed by atoms with Crippen LogP contribution >= 0.6 is 0 Å². The molecule has 0 aliphatic heterocycles. The average molecular weight is 519 g/mol. The van der Waals surface area contributed by atoms with Crippen LogP contribution in [0.25, 0.3) is 50.2 Å². The van der Waals surface area contributed by atoms with Crippen LogP contribution in [0.2, 0.25) is 0 Å². The van der Waals surface area contributed by atoms with Crippen LogP contribution in [0.5, 0.6) is 0 Å². The highest BCUT2D eigenvalue weighted by Gasteiger charge is 2.29. The summed E-state index contributed by atoms with van der Waals surface area (Å²) < 4.78 is 13.5. The zero-order valence-corrected chi connectivity index (χ0v) is 21.5. The zero-order chi connectivity index (χ0) is 26.9. The minimum Gasteiger partial charge on any atom is -0.337 e. The van der Waals surface area contributed by atoms with Crippen molar-refractivity contribution in [1.82, 2.24) is 25.5 Å². The van der Waals surface area contributed by atoms with Crippen molar-refractivity contribution in [2.45, 2.75) is 19.8 Å². The van der Waals surface area contributed by atoms with E-state index < -0.39 is 0 Å². The Labute approximate surface area is 224 Å². The Bertz CT molecular complexity index is 1770. The van der Waals surface area contributed by atoms with Crippen LogP contribution in [0.4, 0.5) is 4.39 Å². The van der Waals surface area contributed by atoms with Gasteiger partial charge in [0.1, 0.15) is 11.5 Å². The van der Waals surface area contributed by atoms with Gasteiger partial charge < -0.3 is 10.3 Å². The van der Waals surface area contributed by atoms with Crippen molar-refractivity contribution in [3.63, 3.8) is 0 Å². The van der Waals surface area contributed by atoms with Gasteiger partial charge in [0, 0.05) is 29.6 Å². The minimum atomic E-state index is -0.279. The second-order valence-electron chi connectivity index (χ2n) is 9.64. The molecule has 0 atom stereocenters. The summed E-state index contributed by atoms with van der Waals surface area (Å²) in [6, 6.07) is 18.2. The summed E-state index contributed by atoms with van der Waals surface area (Å²) >= 11 is 0. The molecule has 0 unspecified atom stereocenters. The van der Waals surface area contributed by atoms with Gasteiger partial charge in [-0.15, -0.1) is 0 Å². The number of hydrogen-bond acceptors (Lipinski definition) is 4. The van der Waals surface area contributed by atoms with Gasteiger partial charge in [-0.05, 0) is 72.9 Å². The van der Waals surface area contributed by atoms with Crippen molar-refractivity contribution in [3.05, 3.63) is 90.4 Å². The highest BCUT2D eigenvalue weighted by molar-refractivity contribution is 5.99. The summed E-state index contributed by atoms with van der Waals surface area (Å²) in [5.74, 6) is 0.457. The molecular weight excluding hydrogens is 491 g/mol. The number of benzene rings is 3. The highest BCUT2D eigenvalue weighted by Crippen LogP contribution is 2.33. The number of carbonyl (C=O) groups excluding carboxylic acids is 1. The lowest BCUT2D eigenvalue weighted by Crippen LogP contribution is -2.25. The first-order valence-electron chi connectivity index (χ1n) is 12.9. The standard InChI is InChI=1S/C31H27FN6O/c1-3-33-17-23(34-31(39)20-7-8-20)15-18(2)21-11-14-26-25(16-21)29(38-37-26)30-35-27-6-4-5-24(28(27)36-30)19-9-12-22(32)13-10-19/h4-6,9-17,20H,2-3,7-8H2,1H3,(H,34,39)(H,35,36)(H,37,38)/b23-15+,33-17-. The summed E-state index contributed by atoms with van der Waals surface area (Å²) in [7, 11) is 0. The summed E-state index contributed by atoms with van der Waals surface area (Å²) in [6.07, 6.45) is 5.38. The van der Waals surface area contributed by atoms with E-state index in [2.05, 4.69) is 32.1 Å². The molecule has 194 valence electrons. The minimum absolute atomic E-state index is 0.0223. The number of allylic oxidation sites excluding steroid dienone is 3. The van der Waals surface area contributed by atoms with Crippen LogP contribution in [-0.2, 0) is 4.79 Å². The number of carbonyl (C=O) groups is 1. The first kappa shape index (κ1) is 24.5. The Balaban J connectivity index is 1.36. The van der Waals surface area contributed by atoms with E-state index in [0.717, 1.165) is 57.0 Å². The van der Waals surface area contributed by atoms with E-state index in [0.29, 0.717) is 23.8 Å². The number of nitrogens with zero attached hydrogens (tertiary/aromatic N) is 3. The number of hydrogen-bond donors (Lipinski definition) is 3. The maximum Gasteiger partial charge on any atom is 0.227 e. The number of rotatable bonds is 8. The van der Waals surface area contributed by atoms with Crippen LogP contribution < -0.4 is 5.32 Å². The largest absolute Gasteiger partial charge is 0.337 e. The Morgan fingerprint density at radius 1 is 1.15 bits per heavy atom. The number of halogens is 1. The molecule has 1 fully saturated rings. The molecular formula is C31H27FN6O. The van der Waals surface area contributed by atoms with Crippen molar-refractivity contribution in [2.75, 3.05) is 6.54 Å². The maximum absolute atomic E-state index is 13.5. The second-order valence-corrected chi connectivity index (χ2v) is 9.64. The van der Waals surface area contributed by atoms with Gasteiger partial charge in [-0.25, -0.2) is 9.37 Å². The molecule has 3 N–H and O–H groups in total.